The molecule has 1 aliphatic heterocycles. The van der Waals surface area contributed by atoms with Gasteiger partial charge in [0.1, 0.15) is 12.3 Å². The van der Waals surface area contributed by atoms with Crippen molar-refractivity contribution in [1.82, 2.24) is 19.7 Å². The van der Waals surface area contributed by atoms with Gasteiger partial charge in [-0.1, -0.05) is 30.3 Å². The summed E-state index contributed by atoms with van der Waals surface area (Å²) in [6, 6.07) is 16.0. The van der Waals surface area contributed by atoms with Crippen molar-refractivity contribution in [2.45, 2.75) is 19.6 Å². The van der Waals surface area contributed by atoms with Crippen molar-refractivity contribution in [1.29, 1.82) is 0 Å². The molecule has 0 bridgehead atoms. The maximum atomic E-state index is 12.9. The van der Waals surface area contributed by atoms with Crippen molar-refractivity contribution >= 4 is 17.6 Å². The van der Waals surface area contributed by atoms with Crippen LogP contribution in [0, 0.1) is 0 Å². The van der Waals surface area contributed by atoms with Crippen LogP contribution >= 0.6 is 0 Å². The lowest BCUT2D eigenvalue weighted by Gasteiger charge is -2.16. The molecule has 0 saturated carbocycles. The molecule has 9 heteroatoms. The molecule has 0 unspecified atom stereocenters. The van der Waals surface area contributed by atoms with Crippen molar-refractivity contribution in [2.24, 2.45) is 0 Å². The molecular formula is C20H19N5O4. The summed E-state index contributed by atoms with van der Waals surface area (Å²) < 4.78 is 7.35. The van der Waals surface area contributed by atoms with Crippen molar-refractivity contribution in [3.8, 4) is 5.75 Å². The Balaban J connectivity index is 1.49. The Kier molecular flexibility index (Phi) is 4.86. The van der Waals surface area contributed by atoms with Crippen LogP contribution in [0.2, 0.25) is 0 Å². The van der Waals surface area contributed by atoms with E-state index in [1.807, 2.05) is 30.3 Å². The van der Waals surface area contributed by atoms with Gasteiger partial charge in [-0.3, -0.25) is 9.69 Å². The lowest BCUT2D eigenvalue weighted by molar-refractivity contribution is -0.122. The highest BCUT2D eigenvalue weighted by Crippen LogP contribution is 2.25. The Morgan fingerprint density at radius 1 is 1.10 bits per heavy atom. The fourth-order valence-electron chi connectivity index (χ4n) is 3.17. The number of nitrogens with zero attached hydrogens (tertiary/aromatic N) is 4. The molecule has 0 atom stereocenters. The van der Waals surface area contributed by atoms with Crippen LogP contribution in [0.3, 0.4) is 0 Å². The lowest BCUT2D eigenvalue weighted by Crippen LogP contribution is -2.38. The number of anilines is 1. The van der Waals surface area contributed by atoms with E-state index < -0.39 is 11.7 Å². The SMILES string of the molecule is COc1ccc(N2Cc3nc(=O)n(CC(=O)NCc4ccccc4)n3C2=O)cc1. The van der Waals surface area contributed by atoms with Gasteiger partial charge in [0.05, 0.1) is 13.7 Å². The fraction of sp³-hybridized carbons (Fsp3) is 0.200. The number of methoxy groups -OCH3 is 1. The Hall–Kier alpha value is -3.88. The Bertz CT molecular complexity index is 1100. The zero-order valence-electron chi connectivity index (χ0n) is 15.7. The van der Waals surface area contributed by atoms with Gasteiger partial charge >= 0.3 is 11.7 Å². The molecule has 2 aromatic carbocycles. The third kappa shape index (κ3) is 3.62. The number of aromatic nitrogens is 3. The third-order valence-corrected chi connectivity index (χ3v) is 4.65. The quantitative estimate of drug-likeness (QED) is 0.682. The zero-order chi connectivity index (χ0) is 20.4. The molecule has 0 aliphatic carbocycles. The highest BCUT2D eigenvalue weighted by Gasteiger charge is 2.33. The average Bonchev–Trinajstić information content (AvgIpc) is 3.23. The number of hydrogen-bond donors (Lipinski definition) is 1. The van der Waals surface area contributed by atoms with E-state index in [-0.39, 0.29) is 19.0 Å². The van der Waals surface area contributed by atoms with Gasteiger partial charge in [-0.05, 0) is 29.8 Å². The summed E-state index contributed by atoms with van der Waals surface area (Å²) in [7, 11) is 1.56. The molecule has 1 aliphatic rings. The van der Waals surface area contributed by atoms with Crippen molar-refractivity contribution < 1.29 is 14.3 Å². The predicted octanol–water partition coefficient (Wildman–Crippen LogP) is 1.36. The summed E-state index contributed by atoms with van der Waals surface area (Å²) >= 11 is 0. The van der Waals surface area contributed by atoms with E-state index in [0.717, 1.165) is 14.9 Å². The number of rotatable bonds is 6. The molecule has 4 rings (SSSR count). The first-order chi connectivity index (χ1) is 14.1. The monoisotopic (exact) mass is 393 g/mol. The predicted molar refractivity (Wildman–Crippen MR) is 105 cm³/mol. The molecular weight excluding hydrogens is 374 g/mol. The van der Waals surface area contributed by atoms with Gasteiger partial charge in [0.2, 0.25) is 5.91 Å². The Morgan fingerprint density at radius 3 is 2.52 bits per heavy atom. The van der Waals surface area contributed by atoms with Crippen LogP contribution in [0.4, 0.5) is 10.5 Å². The number of amides is 2. The Labute approximate surface area is 166 Å². The first kappa shape index (κ1) is 18.5. The zero-order valence-corrected chi connectivity index (χ0v) is 15.7. The van der Waals surface area contributed by atoms with E-state index >= 15 is 0 Å². The highest BCUT2D eigenvalue weighted by atomic mass is 16.5. The first-order valence-electron chi connectivity index (χ1n) is 9.02. The summed E-state index contributed by atoms with van der Waals surface area (Å²) in [5.74, 6) is 0.589. The Morgan fingerprint density at radius 2 is 1.83 bits per heavy atom. The fourth-order valence-corrected chi connectivity index (χ4v) is 3.17. The van der Waals surface area contributed by atoms with Gasteiger partial charge in [0.15, 0.2) is 5.82 Å². The smallest absolute Gasteiger partial charge is 0.365 e. The average molecular weight is 393 g/mol. The second-order valence-corrected chi connectivity index (χ2v) is 6.51. The molecule has 0 fully saturated rings. The summed E-state index contributed by atoms with van der Waals surface area (Å²) in [5.41, 5.74) is 0.958. The van der Waals surface area contributed by atoms with Gasteiger partial charge < -0.3 is 10.1 Å². The number of hydrogen-bond acceptors (Lipinski definition) is 5. The van der Waals surface area contributed by atoms with Crippen LogP contribution in [-0.4, -0.2) is 33.4 Å². The van der Waals surface area contributed by atoms with E-state index in [2.05, 4.69) is 10.3 Å². The second-order valence-electron chi connectivity index (χ2n) is 6.51. The maximum Gasteiger partial charge on any atom is 0.365 e. The molecule has 29 heavy (non-hydrogen) atoms. The largest absolute Gasteiger partial charge is 0.497 e. The van der Waals surface area contributed by atoms with Gasteiger partial charge in [0.25, 0.3) is 0 Å². The standard InChI is InChI=1S/C20H19N5O4/c1-29-16-9-7-15(8-10-16)23-12-17-22-19(27)24(25(17)20(23)28)13-18(26)21-11-14-5-3-2-4-6-14/h2-10H,11-13H2,1H3,(H,21,26). The summed E-state index contributed by atoms with van der Waals surface area (Å²) in [5, 5.41) is 2.75. The van der Waals surface area contributed by atoms with Crippen LogP contribution in [-0.2, 0) is 24.4 Å². The van der Waals surface area contributed by atoms with Crippen molar-refractivity contribution in [3.63, 3.8) is 0 Å². The second kappa shape index (κ2) is 7.63. The number of nitrogens with one attached hydrogen (secondary N) is 1. The van der Waals surface area contributed by atoms with E-state index in [4.69, 9.17) is 4.74 Å². The minimum atomic E-state index is -0.627. The molecule has 3 aromatic rings. The summed E-state index contributed by atoms with van der Waals surface area (Å²) in [6.45, 7) is 0.196. The molecule has 1 N–H and O–H groups in total. The first-order valence-corrected chi connectivity index (χ1v) is 9.02. The van der Waals surface area contributed by atoms with Crippen molar-refractivity contribution in [3.05, 3.63) is 76.5 Å². The topological polar surface area (TPSA) is 98.5 Å². The van der Waals surface area contributed by atoms with Crippen LogP contribution in [0.15, 0.2) is 59.4 Å². The van der Waals surface area contributed by atoms with E-state index in [1.165, 1.54) is 4.90 Å². The van der Waals surface area contributed by atoms with E-state index in [9.17, 15) is 14.4 Å². The molecule has 0 saturated heterocycles. The number of fused-ring (bicyclic) bond motifs is 1. The third-order valence-electron chi connectivity index (χ3n) is 4.65. The molecule has 148 valence electrons. The number of carbonyl (C=O) groups is 2. The molecule has 1 aromatic heterocycles. The van der Waals surface area contributed by atoms with E-state index in [0.29, 0.717) is 23.8 Å². The van der Waals surface area contributed by atoms with Gasteiger partial charge in [-0.2, -0.15) is 9.67 Å². The molecule has 2 heterocycles. The van der Waals surface area contributed by atoms with Crippen molar-refractivity contribution in [2.75, 3.05) is 12.0 Å². The minimum absolute atomic E-state index is 0.152. The number of ether oxygens (including phenoxy) is 1. The number of carbonyl (C=O) groups excluding carboxylic acids is 2. The molecule has 9 nitrogen and oxygen atoms in total. The summed E-state index contributed by atoms with van der Waals surface area (Å²) in [6.07, 6.45) is 0. The van der Waals surface area contributed by atoms with Gasteiger partial charge in [-0.15, -0.1) is 0 Å². The van der Waals surface area contributed by atoms with Crippen LogP contribution in [0.25, 0.3) is 0 Å². The molecule has 2 amide bonds. The number of benzene rings is 2. The van der Waals surface area contributed by atoms with E-state index in [1.54, 1.807) is 31.4 Å². The minimum Gasteiger partial charge on any atom is -0.497 e. The van der Waals surface area contributed by atoms with Crippen LogP contribution in [0.1, 0.15) is 11.4 Å². The molecule has 0 radical (unpaired) electrons. The van der Waals surface area contributed by atoms with Crippen LogP contribution < -0.4 is 20.6 Å². The highest BCUT2D eigenvalue weighted by molar-refractivity contribution is 5.95. The van der Waals surface area contributed by atoms with Gasteiger partial charge in [0, 0.05) is 12.2 Å². The van der Waals surface area contributed by atoms with Gasteiger partial charge in [-0.25, -0.2) is 14.3 Å². The maximum absolute atomic E-state index is 12.9. The normalized spacial score (nSPS) is 12.7. The lowest BCUT2D eigenvalue weighted by atomic mass is 10.2. The molecule has 0 spiro atoms. The summed E-state index contributed by atoms with van der Waals surface area (Å²) in [4.78, 5) is 42.8. The van der Waals surface area contributed by atoms with Crippen LogP contribution in [0.5, 0.6) is 5.75 Å².